The average molecular weight is 414 g/mol. The van der Waals surface area contributed by atoms with Crippen molar-refractivity contribution in [2.75, 3.05) is 0 Å². The van der Waals surface area contributed by atoms with Gasteiger partial charge in [-0.2, -0.15) is 0 Å². The Morgan fingerprint density at radius 3 is 1.32 bits per heavy atom. The molecular weight excluding hydrogens is 398 g/mol. The molecule has 3 rings (SSSR count). The second-order valence-corrected chi connectivity index (χ2v) is 7.61. The summed E-state index contributed by atoms with van der Waals surface area (Å²) in [5, 5.41) is 0. The van der Waals surface area contributed by atoms with Crippen LogP contribution >= 0.6 is 0 Å². The van der Waals surface area contributed by atoms with Crippen molar-refractivity contribution < 1.29 is 9.47 Å². The van der Waals surface area contributed by atoms with E-state index in [9.17, 15) is 0 Å². The van der Waals surface area contributed by atoms with Gasteiger partial charge in [0.05, 0.1) is 0 Å². The molecule has 0 aliphatic heterocycles. The monoisotopic (exact) mass is 414 g/mol. The summed E-state index contributed by atoms with van der Waals surface area (Å²) in [5.74, 6) is 3.19. The molecule has 0 aromatic heterocycles. The maximum atomic E-state index is 5.86. The number of ether oxygens (including phenoxy) is 2. The summed E-state index contributed by atoms with van der Waals surface area (Å²) in [5.41, 5.74) is 0. The summed E-state index contributed by atoms with van der Waals surface area (Å²) in [6.07, 6.45) is 0. The van der Waals surface area contributed by atoms with Gasteiger partial charge in [-0.15, -0.1) is 0 Å². The first-order valence-corrected chi connectivity index (χ1v) is 9.28. The fourth-order valence-corrected chi connectivity index (χ4v) is 2.75. The van der Waals surface area contributed by atoms with Gasteiger partial charge in [0, 0.05) is 0 Å². The van der Waals surface area contributed by atoms with Crippen molar-refractivity contribution in [2.24, 2.45) is 0 Å². The number of hydrogen-bond acceptors (Lipinski definition) is 2. The molecule has 0 heterocycles. The molecule has 0 aliphatic carbocycles. The molecule has 0 fully saturated rings. The van der Waals surface area contributed by atoms with E-state index in [4.69, 9.17) is 9.47 Å². The van der Waals surface area contributed by atoms with Crippen LogP contribution in [0.3, 0.4) is 0 Å². The predicted octanol–water partition coefficient (Wildman–Crippen LogP) is 1.79. The Balaban J connectivity index is 1.74. The first-order chi connectivity index (χ1) is 10.7. The molecular formula is C18H16As2O2. The summed E-state index contributed by atoms with van der Waals surface area (Å²) in [4.78, 5) is 0. The standard InChI is InChI=1S/C18H16As2O2/c19-13-4-8-15(9-5-13)21-17-2-1-3-18(12-17)22-16-10-6-14(20)7-11-16/h1-12H,19-20H2. The molecule has 0 aliphatic rings. The summed E-state index contributed by atoms with van der Waals surface area (Å²) < 4.78 is 14.3. The number of benzene rings is 3. The predicted molar refractivity (Wildman–Crippen MR) is 95.8 cm³/mol. The van der Waals surface area contributed by atoms with Gasteiger partial charge in [0.25, 0.3) is 0 Å². The molecule has 0 bridgehead atoms. The van der Waals surface area contributed by atoms with E-state index in [2.05, 4.69) is 24.3 Å². The second-order valence-electron chi connectivity index (χ2n) is 4.82. The molecule has 0 N–H and O–H groups in total. The van der Waals surface area contributed by atoms with Gasteiger partial charge in [-0.3, -0.25) is 0 Å². The third kappa shape index (κ3) is 4.19. The van der Waals surface area contributed by atoms with E-state index in [1.54, 1.807) is 33.7 Å². The van der Waals surface area contributed by atoms with E-state index in [1.807, 2.05) is 48.5 Å². The van der Waals surface area contributed by atoms with Gasteiger partial charge in [-0.1, -0.05) is 0 Å². The Labute approximate surface area is 147 Å². The van der Waals surface area contributed by atoms with Gasteiger partial charge in [0.15, 0.2) is 0 Å². The maximum absolute atomic E-state index is 5.86. The zero-order valence-corrected chi connectivity index (χ0v) is 16.7. The van der Waals surface area contributed by atoms with Gasteiger partial charge in [-0.25, -0.2) is 0 Å². The minimum atomic E-state index is 0.766. The molecule has 0 saturated carbocycles. The fourth-order valence-electron chi connectivity index (χ4n) is 1.95. The van der Waals surface area contributed by atoms with Gasteiger partial charge in [0.1, 0.15) is 0 Å². The molecule has 0 saturated heterocycles. The minimum absolute atomic E-state index is 0.766. The molecule has 3 aromatic rings. The van der Waals surface area contributed by atoms with Crippen LogP contribution in [0.25, 0.3) is 0 Å². The molecule has 0 radical (unpaired) electrons. The molecule has 4 heteroatoms. The summed E-state index contributed by atoms with van der Waals surface area (Å²) >= 11 is 3.21. The molecule has 2 nitrogen and oxygen atoms in total. The summed E-state index contributed by atoms with van der Waals surface area (Å²) in [6, 6.07) is 23.8. The molecule has 22 heavy (non-hydrogen) atoms. The molecule has 3 aromatic carbocycles. The average Bonchev–Trinajstić information content (AvgIpc) is 2.52. The topological polar surface area (TPSA) is 18.5 Å². The molecule has 110 valence electrons. The van der Waals surface area contributed by atoms with Crippen LogP contribution in [-0.4, -0.2) is 33.7 Å². The Morgan fingerprint density at radius 1 is 0.500 bits per heavy atom. The molecule has 0 spiro atoms. The van der Waals surface area contributed by atoms with Crippen LogP contribution in [0.4, 0.5) is 0 Å². The molecule has 2 unspecified atom stereocenters. The van der Waals surface area contributed by atoms with E-state index in [0.717, 1.165) is 23.0 Å². The van der Waals surface area contributed by atoms with Crippen LogP contribution in [-0.2, 0) is 0 Å². The van der Waals surface area contributed by atoms with Gasteiger partial charge in [0.2, 0.25) is 0 Å². The summed E-state index contributed by atoms with van der Waals surface area (Å²) in [7, 11) is 0. The van der Waals surface area contributed by atoms with Crippen molar-refractivity contribution in [1.82, 2.24) is 0 Å². The summed E-state index contributed by atoms with van der Waals surface area (Å²) in [6.45, 7) is 0. The first-order valence-electron chi connectivity index (χ1n) is 6.86. The van der Waals surface area contributed by atoms with Gasteiger partial charge < -0.3 is 0 Å². The van der Waals surface area contributed by atoms with E-state index in [-0.39, 0.29) is 0 Å². The normalized spacial score (nSPS) is 10.3. The zero-order valence-electron chi connectivity index (χ0n) is 11.9. The third-order valence-corrected chi connectivity index (χ3v) is 4.65. The molecule has 0 amide bonds. The number of hydrogen-bond donors (Lipinski definition) is 0. The van der Waals surface area contributed by atoms with Crippen LogP contribution < -0.4 is 18.2 Å². The van der Waals surface area contributed by atoms with Crippen molar-refractivity contribution in [3.8, 4) is 23.0 Å². The zero-order chi connectivity index (χ0) is 15.4. The van der Waals surface area contributed by atoms with Crippen LogP contribution in [0, 0.1) is 0 Å². The van der Waals surface area contributed by atoms with E-state index >= 15 is 0 Å². The van der Waals surface area contributed by atoms with Crippen LogP contribution in [0.5, 0.6) is 23.0 Å². The Hall–Kier alpha value is -1.62. The second kappa shape index (κ2) is 7.09. The SMILES string of the molecule is [AsH2]c1ccc(Oc2cccc(Oc3ccc([AsH2])cc3)c2)cc1. The van der Waals surface area contributed by atoms with Crippen molar-refractivity contribution >= 4 is 42.4 Å². The van der Waals surface area contributed by atoms with Gasteiger partial charge in [-0.05, 0) is 0 Å². The van der Waals surface area contributed by atoms with Crippen LogP contribution in [0.1, 0.15) is 0 Å². The van der Waals surface area contributed by atoms with Crippen molar-refractivity contribution in [2.45, 2.75) is 0 Å². The van der Waals surface area contributed by atoms with E-state index < -0.39 is 0 Å². The van der Waals surface area contributed by atoms with Gasteiger partial charge >= 0.3 is 148 Å². The first kappa shape index (κ1) is 15.3. The molecule has 2 atom stereocenters. The quantitative estimate of drug-likeness (QED) is 0.607. The van der Waals surface area contributed by atoms with Crippen molar-refractivity contribution in [1.29, 1.82) is 0 Å². The Bertz CT molecular complexity index is 690. The Kier molecular flexibility index (Phi) is 4.93. The van der Waals surface area contributed by atoms with Crippen LogP contribution in [0.15, 0.2) is 72.8 Å². The van der Waals surface area contributed by atoms with Crippen molar-refractivity contribution in [3.63, 3.8) is 0 Å². The fraction of sp³-hybridized carbons (Fsp3) is 0. The third-order valence-electron chi connectivity index (χ3n) is 3.04. The number of rotatable bonds is 4. The van der Waals surface area contributed by atoms with Crippen molar-refractivity contribution in [3.05, 3.63) is 72.8 Å². The van der Waals surface area contributed by atoms with E-state index in [0.29, 0.717) is 0 Å². The van der Waals surface area contributed by atoms with E-state index in [1.165, 1.54) is 8.70 Å². The van der Waals surface area contributed by atoms with Crippen LogP contribution in [0.2, 0.25) is 0 Å². The Morgan fingerprint density at radius 2 is 0.909 bits per heavy atom.